The quantitative estimate of drug-likeness (QED) is 0.782. The molecule has 2 heterocycles. The summed E-state index contributed by atoms with van der Waals surface area (Å²) in [5.74, 6) is -0.184. The van der Waals surface area contributed by atoms with Crippen LogP contribution in [-0.2, 0) is 14.3 Å². The predicted molar refractivity (Wildman–Crippen MR) is 84.7 cm³/mol. The number of piperidine rings is 1. The molecule has 1 atom stereocenters. The van der Waals surface area contributed by atoms with Gasteiger partial charge in [0, 0.05) is 32.1 Å². The molecular weight excluding hydrogens is 298 g/mol. The molecule has 0 aromatic heterocycles. The summed E-state index contributed by atoms with van der Waals surface area (Å²) in [7, 11) is 0. The van der Waals surface area contributed by atoms with Crippen molar-refractivity contribution in [2.75, 3.05) is 26.2 Å². The Hall–Kier alpha value is -1.79. The van der Waals surface area contributed by atoms with Gasteiger partial charge in [0.05, 0.1) is 18.6 Å². The van der Waals surface area contributed by atoms with E-state index in [1.807, 2.05) is 13.8 Å². The lowest BCUT2D eigenvalue weighted by molar-refractivity contribution is -0.149. The molecule has 2 rings (SSSR count). The number of nitrogens with one attached hydrogen (secondary N) is 1. The molecule has 1 N–H and O–H groups in total. The lowest BCUT2D eigenvalue weighted by atomic mass is 9.97. The number of rotatable bonds is 4. The van der Waals surface area contributed by atoms with Gasteiger partial charge in [0.2, 0.25) is 5.91 Å². The minimum Gasteiger partial charge on any atom is -0.466 e. The minimum atomic E-state index is -0.165. The molecule has 0 aromatic rings. The van der Waals surface area contributed by atoms with Gasteiger partial charge in [0.1, 0.15) is 0 Å². The Morgan fingerprint density at radius 2 is 1.96 bits per heavy atom. The Kier molecular flexibility index (Phi) is 5.85. The number of esters is 1. The largest absolute Gasteiger partial charge is 0.466 e. The number of nitrogens with zero attached hydrogens (tertiary/aromatic N) is 2. The molecule has 2 saturated heterocycles. The highest BCUT2D eigenvalue weighted by atomic mass is 16.5. The molecule has 1 unspecified atom stereocenters. The molecule has 130 valence electrons. The van der Waals surface area contributed by atoms with Crippen molar-refractivity contribution in [1.82, 2.24) is 15.1 Å². The standard InChI is InChI=1S/C16H27N3O4/c1-4-23-15(21)12-5-7-18(8-6-12)16(22)17-13-9-14(20)19(10-13)11(2)3/h11-13H,4-10H2,1-3H3,(H,17,22). The molecule has 0 saturated carbocycles. The third kappa shape index (κ3) is 4.36. The molecule has 2 fully saturated rings. The first-order chi connectivity index (χ1) is 10.9. The third-order valence-corrected chi connectivity index (χ3v) is 4.51. The number of hydrogen-bond donors (Lipinski definition) is 1. The van der Waals surface area contributed by atoms with Crippen LogP contribution in [0.2, 0.25) is 0 Å². The summed E-state index contributed by atoms with van der Waals surface area (Å²) >= 11 is 0. The van der Waals surface area contributed by atoms with Gasteiger partial charge in [0.25, 0.3) is 0 Å². The van der Waals surface area contributed by atoms with Gasteiger partial charge in [-0.2, -0.15) is 0 Å². The molecule has 7 nitrogen and oxygen atoms in total. The molecule has 2 aliphatic rings. The average molecular weight is 325 g/mol. The summed E-state index contributed by atoms with van der Waals surface area (Å²) in [6, 6.07) is -0.111. The summed E-state index contributed by atoms with van der Waals surface area (Å²) in [5, 5.41) is 2.94. The van der Waals surface area contributed by atoms with Crippen LogP contribution in [0, 0.1) is 5.92 Å². The van der Waals surface area contributed by atoms with E-state index in [1.165, 1.54) is 0 Å². The normalized spacial score (nSPS) is 22.6. The van der Waals surface area contributed by atoms with E-state index in [-0.39, 0.29) is 35.9 Å². The van der Waals surface area contributed by atoms with Gasteiger partial charge in [-0.05, 0) is 33.6 Å². The van der Waals surface area contributed by atoms with Crippen LogP contribution in [0.1, 0.15) is 40.0 Å². The van der Waals surface area contributed by atoms with Crippen LogP contribution in [0.4, 0.5) is 4.79 Å². The molecule has 0 bridgehead atoms. The van der Waals surface area contributed by atoms with E-state index in [2.05, 4.69) is 5.32 Å². The lowest BCUT2D eigenvalue weighted by Gasteiger charge is -2.31. The number of carbonyl (C=O) groups is 3. The Labute approximate surface area is 137 Å². The highest BCUT2D eigenvalue weighted by Gasteiger charge is 2.34. The van der Waals surface area contributed by atoms with Gasteiger partial charge >= 0.3 is 12.0 Å². The van der Waals surface area contributed by atoms with E-state index in [9.17, 15) is 14.4 Å². The molecule has 0 aromatic carbocycles. The van der Waals surface area contributed by atoms with E-state index in [0.29, 0.717) is 45.5 Å². The van der Waals surface area contributed by atoms with Crippen molar-refractivity contribution in [1.29, 1.82) is 0 Å². The fraction of sp³-hybridized carbons (Fsp3) is 0.812. The Morgan fingerprint density at radius 1 is 1.30 bits per heavy atom. The Balaban J connectivity index is 1.78. The van der Waals surface area contributed by atoms with Crippen LogP contribution in [0.15, 0.2) is 0 Å². The van der Waals surface area contributed by atoms with E-state index in [4.69, 9.17) is 4.74 Å². The minimum absolute atomic E-state index is 0.0892. The molecule has 0 radical (unpaired) electrons. The molecule has 0 aliphatic carbocycles. The van der Waals surface area contributed by atoms with Crippen molar-refractivity contribution in [3.63, 3.8) is 0 Å². The average Bonchev–Trinajstić information content (AvgIpc) is 2.88. The summed E-state index contributed by atoms with van der Waals surface area (Å²) < 4.78 is 5.03. The fourth-order valence-electron chi connectivity index (χ4n) is 3.17. The maximum atomic E-state index is 12.3. The second-order valence-corrected chi connectivity index (χ2v) is 6.50. The first-order valence-corrected chi connectivity index (χ1v) is 8.43. The van der Waals surface area contributed by atoms with Crippen molar-refractivity contribution in [3.8, 4) is 0 Å². The SMILES string of the molecule is CCOC(=O)C1CCN(C(=O)NC2CC(=O)N(C(C)C)C2)CC1. The number of likely N-dealkylation sites (tertiary alicyclic amines) is 2. The Bertz CT molecular complexity index is 458. The zero-order chi connectivity index (χ0) is 17.0. The smallest absolute Gasteiger partial charge is 0.317 e. The van der Waals surface area contributed by atoms with Gasteiger partial charge in [-0.1, -0.05) is 0 Å². The van der Waals surface area contributed by atoms with Crippen molar-refractivity contribution < 1.29 is 19.1 Å². The topological polar surface area (TPSA) is 79.0 Å². The van der Waals surface area contributed by atoms with Gasteiger partial charge in [-0.15, -0.1) is 0 Å². The van der Waals surface area contributed by atoms with E-state index >= 15 is 0 Å². The zero-order valence-electron chi connectivity index (χ0n) is 14.2. The maximum Gasteiger partial charge on any atom is 0.317 e. The first kappa shape index (κ1) is 17.6. The van der Waals surface area contributed by atoms with Crippen LogP contribution < -0.4 is 5.32 Å². The summed E-state index contributed by atoms with van der Waals surface area (Å²) in [6.45, 7) is 7.80. The number of ether oxygens (including phenoxy) is 1. The van der Waals surface area contributed by atoms with Crippen molar-refractivity contribution in [2.24, 2.45) is 5.92 Å². The van der Waals surface area contributed by atoms with E-state index in [0.717, 1.165) is 0 Å². The van der Waals surface area contributed by atoms with Crippen LogP contribution >= 0.6 is 0 Å². The van der Waals surface area contributed by atoms with Crippen molar-refractivity contribution in [2.45, 2.75) is 52.1 Å². The van der Waals surface area contributed by atoms with Crippen LogP contribution in [0.3, 0.4) is 0 Å². The number of carbonyl (C=O) groups excluding carboxylic acids is 3. The van der Waals surface area contributed by atoms with Crippen molar-refractivity contribution >= 4 is 17.9 Å². The molecular formula is C16H27N3O4. The summed E-state index contributed by atoms with van der Waals surface area (Å²) in [5.41, 5.74) is 0. The third-order valence-electron chi connectivity index (χ3n) is 4.51. The highest BCUT2D eigenvalue weighted by Crippen LogP contribution is 2.20. The molecule has 7 heteroatoms. The van der Waals surface area contributed by atoms with Crippen LogP contribution in [-0.4, -0.2) is 66.0 Å². The lowest BCUT2D eigenvalue weighted by Crippen LogP contribution is -2.49. The van der Waals surface area contributed by atoms with Crippen LogP contribution in [0.5, 0.6) is 0 Å². The predicted octanol–water partition coefficient (Wildman–Crippen LogP) is 0.980. The highest BCUT2D eigenvalue weighted by molar-refractivity contribution is 5.82. The number of urea groups is 1. The molecule has 3 amide bonds. The second kappa shape index (κ2) is 7.66. The monoisotopic (exact) mass is 325 g/mol. The van der Waals surface area contributed by atoms with Gasteiger partial charge in [0.15, 0.2) is 0 Å². The molecule has 2 aliphatic heterocycles. The number of hydrogen-bond acceptors (Lipinski definition) is 4. The maximum absolute atomic E-state index is 12.3. The van der Waals surface area contributed by atoms with Crippen LogP contribution in [0.25, 0.3) is 0 Å². The van der Waals surface area contributed by atoms with Gasteiger partial charge < -0.3 is 19.9 Å². The van der Waals surface area contributed by atoms with Gasteiger partial charge in [-0.25, -0.2) is 4.79 Å². The summed E-state index contributed by atoms with van der Waals surface area (Å²) in [4.78, 5) is 39.4. The number of amides is 3. The zero-order valence-corrected chi connectivity index (χ0v) is 14.2. The molecule has 23 heavy (non-hydrogen) atoms. The Morgan fingerprint density at radius 3 is 2.48 bits per heavy atom. The second-order valence-electron chi connectivity index (χ2n) is 6.50. The van der Waals surface area contributed by atoms with E-state index in [1.54, 1.807) is 16.7 Å². The van der Waals surface area contributed by atoms with Crippen molar-refractivity contribution in [3.05, 3.63) is 0 Å². The fourth-order valence-corrected chi connectivity index (χ4v) is 3.17. The van der Waals surface area contributed by atoms with Gasteiger partial charge in [-0.3, -0.25) is 9.59 Å². The summed E-state index contributed by atoms with van der Waals surface area (Å²) in [6.07, 6.45) is 1.63. The molecule has 0 spiro atoms. The first-order valence-electron chi connectivity index (χ1n) is 8.43. The van der Waals surface area contributed by atoms with E-state index < -0.39 is 0 Å².